The number of hydrogen-bond acceptors (Lipinski definition) is 6. The maximum atomic E-state index is 11.4. The largest absolute Gasteiger partial charge is 0.464 e. The fourth-order valence-corrected chi connectivity index (χ4v) is 1.80. The fourth-order valence-electron chi connectivity index (χ4n) is 1.80. The van der Waals surface area contributed by atoms with Crippen LogP contribution in [0.1, 0.15) is 5.56 Å². The predicted octanol–water partition coefficient (Wildman–Crippen LogP) is 2.07. The summed E-state index contributed by atoms with van der Waals surface area (Å²) < 4.78 is 25.8. The monoisotopic (exact) mass is 280 g/mol. The molecule has 0 atom stereocenters. The van der Waals surface area contributed by atoms with Crippen LogP contribution in [-0.2, 0) is 9.47 Å². The SMILES string of the molecule is COCOc1cc2oc(=O)cc(C)c2cc1OCOC. The van der Waals surface area contributed by atoms with Gasteiger partial charge in [-0.2, -0.15) is 0 Å². The number of methoxy groups -OCH3 is 2. The third-order valence-electron chi connectivity index (χ3n) is 2.68. The van der Waals surface area contributed by atoms with Crippen molar-refractivity contribution in [1.29, 1.82) is 0 Å². The summed E-state index contributed by atoms with van der Waals surface area (Å²) in [5.74, 6) is 0.915. The van der Waals surface area contributed by atoms with Crippen LogP contribution in [0.4, 0.5) is 0 Å². The second kappa shape index (κ2) is 6.40. The number of fused-ring (bicyclic) bond motifs is 1. The van der Waals surface area contributed by atoms with E-state index < -0.39 is 5.63 Å². The Hall–Kier alpha value is -2.05. The summed E-state index contributed by atoms with van der Waals surface area (Å²) in [6, 6.07) is 4.78. The number of benzene rings is 1. The lowest BCUT2D eigenvalue weighted by atomic mass is 10.1. The molecule has 0 saturated heterocycles. The van der Waals surface area contributed by atoms with Gasteiger partial charge in [0.2, 0.25) is 0 Å². The first-order chi connectivity index (χ1) is 9.65. The zero-order valence-corrected chi connectivity index (χ0v) is 11.6. The summed E-state index contributed by atoms with van der Waals surface area (Å²) in [5, 5.41) is 0.778. The van der Waals surface area contributed by atoms with Crippen LogP contribution in [0.15, 0.2) is 27.4 Å². The van der Waals surface area contributed by atoms with Gasteiger partial charge in [0.1, 0.15) is 5.58 Å². The number of rotatable bonds is 6. The van der Waals surface area contributed by atoms with E-state index >= 15 is 0 Å². The lowest BCUT2D eigenvalue weighted by Crippen LogP contribution is -2.05. The van der Waals surface area contributed by atoms with E-state index in [9.17, 15) is 4.79 Å². The van der Waals surface area contributed by atoms with Crippen LogP contribution in [0.5, 0.6) is 11.5 Å². The van der Waals surface area contributed by atoms with Crippen molar-refractivity contribution >= 4 is 11.0 Å². The van der Waals surface area contributed by atoms with E-state index in [0.29, 0.717) is 17.1 Å². The molecule has 6 heteroatoms. The summed E-state index contributed by atoms with van der Waals surface area (Å²) in [5.41, 5.74) is 0.834. The highest BCUT2D eigenvalue weighted by Crippen LogP contribution is 2.33. The Morgan fingerprint density at radius 2 is 1.60 bits per heavy atom. The molecule has 0 bridgehead atoms. The first-order valence-corrected chi connectivity index (χ1v) is 5.97. The van der Waals surface area contributed by atoms with Crippen LogP contribution < -0.4 is 15.1 Å². The molecular formula is C14H16O6. The molecule has 0 radical (unpaired) electrons. The van der Waals surface area contributed by atoms with Gasteiger partial charge in [-0.05, 0) is 18.6 Å². The van der Waals surface area contributed by atoms with Gasteiger partial charge in [0.05, 0.1) is 0 Å². The predicted molar refractivity (Wildman–Crippen MR) is 72.2 cm³/mol. The maximum Gasteiger partial charge on any atom is 0.336 e. The summed E-state index contributed by atoms with van der Waals surface area (Å²) in [7, 11) is 3.04. The first-order valence-electron chi connectivity index (χ1n) is 5.97. The average Bonchev–Trinajstić information content (AvgIpc) is 2.42. The lowest BCUT2D eigenvalue weighted by Gasteiger charge is -2.13. The van der Waals surface area contributed by atoms with Gasteiger partial charge in [0.15, 0.2) is 25.1 Å². The summed E-state index contributed by atoms with van der Waals surface area (Å²) in [6.45, 7) is 1.98. The molecular weight excluding hydrogens is 264 g/mol. The Labute approximate surface area is 115 Å². The van der Waals surface area contributed by atoms with Crippen molar-refractivity contribution in [1.82, 2.24) is 0 Å². The molecule has 2 aromatic rings. The van der Waals surface area contributed by atoms with E-state index in [0.717, 1.165) is 10.9 Å². The van der Waals surface area contributed by atoms with Crippen LogP contribution >= 0.6 is 0 Å². The maximum absolute atomic E-state index is 11.4. The van der Waals surface area contributed by atoms with Crippen molar-refractivity contribution in [2.24, 2.45) is 0 Å². The van der Waals surface area contributed by atoms with Gasteiger partial charge in [-0.15, -0.1) is 0 Å². The number of ether oxygens (including phenoxy) is 4. The summed E-state index contributed by atoms with van der Waals surface area (Å²) in [4.78, 5) is 11.4. The van der Waals surface area contributed by atoms with E-state index in [4.69, 9.17) is 23.4 Å². The minimum atomic E-state index is -0.404. The van der Waals surface area contributed by atoms with Gasteiger partial charge in [-0.25, -0.2) is 4.79 Å². The number of hydrogen-bond donors (Lipinski definition) is 0. The van der Waals surface area contributed by atoms with E-state index in [1.807, 2.05) is 6.92 Å². The molecule has 0 spiro atoms. The van der Waals surface area contributed by atoms with Gasteiger partial charge >= 0.3 is 5.63 Å². The topological polar surface area (TPSA) is 67.1 Å². The molecule has 0 saturated carbocycles. The van der Waals surface area contributed by atoms with Crippen molar-refractivity contribution in [3.8, 4) is 11.5 Å². The van der Waals surface area contributed by atoms with E-state index in [1.165, 1.54) is 20.3 Å². The van der Waals surface area contributed by atoms with Crippen molar-refractivity contribution < 1.29 is 23.4 Å². The fraction of sp³-hybridized carbons (Fsp3) is 0.357. The van der Waals surface area contributed by atoms with Gasteiger partial charge in [-0.1, -0.05) is 0 Å². The van der Waals surface area contributed by atoms with Gasteiger partial charge < -0.3 is 23.4 Å². The van der Waals surface area contributed by atoms with Crippen LogP contribution in [0.3, 0.4) is 0 Å². The molecule has 0 aliphatic carbocycles. The second-order valence-corrected chi connectivity index (χ2v) is 4.15. The van der Waals surface area contributed by atoms with Crippen molar-refractivity contribution in [2.75, 3.05) is 27.8 Å². The molecule has 108 valence electrons. The summed E-state index contributed by atoms with van der Waals surface area (Å²) >= 11 is 0. The molecule has 2 rings (SSSR count). The zero-order chi connectivity index (χ0) is 14.5. The third-order valence-corrected chi connectivity index (χ3v) is 2.68. The highest BCUT2D eigenvalue weighted by Gasteiger charge is 2.11. The first kappa shape index (κ1) is 14.4. The van der Waals surface area contributed by atoms with Crippen LogP contribution in [0.25, 0.3) is 11.0 Å². The Morgan fingerprint density at radius 3 is 2.20 bits per heavy atom. The average molecular weight is 280 g/mol. The van der Waals surface area contributed by atoms with Gasteiger partial charge in [0.25, 0.3) is 0 Å². The van der Waals surface area contributed by atoms with E-state index in [2.05, 4.69) is 0 Å². The van der Waals surface area contributed by atoms with Crippen molar-refractivity contribution in [3.05, 3.63) is 34.2 Å². The zero-order valence-electron chi connectivity index (χ0n) is 11.6. The molecule has 1 aromatic heterocycles. The molecule has 0 aliphatic heterocycles. The number of aryl methyl sites for hydroxylation is 1. The highest BCUT2D eigenvalue weighted by molar-refractivity contribution is 5.83. The van der Waals surface area contributed by atoms with E-state index in [-0.39, 0.29) is 13.6 Å². The molecule has 6 nitrogen and oxygen atoms in total. The third kappa shape index (κ3) is 3.09. The Bertz CT molecular complexity index is 646. The molecule has 0 amide bonds. The Kier molecular flexibility index (Phi) is 4.60. The Balaban J connectivity index is 2.52. The quantitative estimate of drug-likeness (QED) is 0.596. The second-order valence-electron chi connectivity index (χ2n) is 4.15. The smallest absolute Gasteiger partial charge is 0.336 e. The molecule has 1 aromatic carbocycles. The van der Waals surface area contributed by atoms with Crippen LogP contribution in [-0.4, -0.2) is 27.8 Å². The van der Waals surface area contributed by atoms with Gasteiger partial charge in [-0.3, -0.25) is 0 Å². The van der Waals surface area contributed by atoms with Crippen molar-refractivity contribution in [3.63, 3.8) is 0 Å². The van der Waals surface area contributed by atoms with Crippen LogP contribution in [0, 0.1) is 6.92 Å². The van der Waals surface area contributed by atoms with E-state index in [1.54, 1.807) is 12.1 Å². The molecule has 0 aliphatic rings. The minimum absolute atomic E-state index is 0.0604. The molecule has 20 heavy (non-hydrogen) atoms. The standard InChI is InChI=1S/C14H16O6/c1-9-4-14(15)20-11-6-13(19-8-17-3)12(5-10(9)11)18-7-16-2/h4-6H,7-8H2,1-3H3. The molecule has 0 N–H and O–H groups in total. The molecule has 0 unspecified atom stereocenters. The van der Waals surface area contributed by atoms with Crippen molar-refractivity contribution in [2.45, 2.75) is 6.92 Å². The van der Waals surface area contributed by atoms with Gasteiger partial charge in [0, 0.05) is 31.7 Å². The Morgan fingerprint density at radius 1 is 1.00 bits per heavy atom. The van der Waals surface area contributed by atoms with Crippen LogP contribution in [0.2, 0.25) is 0 Å². The normalized spacial score (nSPS) is 10.8. The highest BCUT2D eigenvalue weighted by atomic mass is 16.7. The lowest BCUT2D eigenvalue weighted by molar-refractivity contribution is 0.0324. The minimum Gasteiger partial charge on any atom is -0.464 e. The molecule has 0 fully saturated rings. The summed E-state index contributed by atoms with van der Waals surface area (Å²) in [6.07, 6.45) is 0. The molecule has 1 heterocycles.